The van der Waals surface area contributed by atoms with E-state index in [2.05, 4.69) is 0 Å². The molecule has 0 saturated heterocycles. The average Bonchev–Trinajstić information content (AvgIpc) is 3.24. The number of nitrogens with zero attached hydrogens (tertiary/aromatic N) is 4. The molecule has 12 nitrogen and oxygen atoms in total. The second-order valence-electron chi connectivity index (χ2n) is 9.09. The number of benzene rings is 5. The second kappa shape index (κ2) is 8.77. The van der Waals surface area contributed by atoms with E-state index in [0.29, 0.717) is 5.56 Å². The molecule has 12 heteroatoms. The Morgan fingerprint density at radius 1 is 0.525 bits per heavy atom. The smallest absolute Gasteiger partial charge is 0.258 e. The van der Waals surface area contributed by atoms with Crippen molar-refractivity contribution in [3.63, 3.8) is 0 Å². The summed E-state index contributed by atoms with van der Waals surface area (Å²) in [5, 5.41) is 51.0. The maximum absolute atomic E-state index is 12.1. The molecule has 0 aliphatic heterocycles. The minimum Gasteiger partial charge on any atom is -0.258 e. The molecule has 0 aromatic heterocycles. The van der Waals surface area contributed by atoms with E-state index in [0.717, 1.165) is 45.8 Å². The van der Waals surface area contributed by atoms with Crippen LogP contribution in [0.4, 0.5) is 22.7 Å². The summed E-state index contributed by atoms with van der Waals surface area (Å²) in [5.41, 5.74) is -2.23. The van der Waals surface area contributed by atoms with Crippen LogP contribution in [-0.2, 0) is 0 Å². The van der Waals surface area contributed by atoms with E-state index in [1.807, 2.05) is 54.6 Å². The average molecular weight is 534 g/mol. The van der Waals surface area contributed by atoms with Crippen LogP contribution in [-0.4, -0.2) is 19.7 Å². The van der Waals surface area contributed by atoms with Gasteiger partial charge >= 0.3 is 0 Å². The van der Waals surface area contributed by atoms with Crippen LogP contribution in [0.15, 0.2) is 78.9 Å². The molecule has 0 bridgehead atoms. The minimum absolute atomic E-state index is 0.00323. The third-order valence-corrected chi connectivity index (χ3v) is 6.95. The van der Waals surface area contributed by atoms with Crippen LogP contribution in [0.25, 0.3) is 44.3 Å². The van der Waals surface area contributed by atoms with Crippen molar-refractivity contribution in [2.24, 2.45) is 0 Å². The number of rotatable bonds is 5. The molecule has 0 radical (unpaired) electrons. The Morgan fingerprint density at radius 2 is 0.950 bits per heavy atom. The van der Waals surface area contributed by atoms with Gasteiger partial charge in [-0.1, -0.05) is 48.5 Å². The first-order valence-corrected chi connectivity index (χ1v) is 11.7. The summed E-state index contributed by atoms with van der Waals surface area (Å²) in [4.78, 5) is 44.4. The van der Waals surface area contributed by atoms with Crippen LogP contribution in [0.5, 0.6) is 0 Å². The number of hydrogen-bond donors (Lipinski definition) is 0. The standard InChI is InChI=1S/C28H14N4O8/c33-29(34)17-10-23-22(14-21-19-7-3-1-5-15(19)9-16-6-2-4-8-20(16)21)24-11-18(30(35)36)13-26(32(39)40)28(24)27(23)25(12-17)31(37)38/h1-14H. The Balaban J connectivity index is 1.83. The second-order valence-corrected chi connectivity index (χ2v) is 9.09. The van der Waals surface area contributed by atoms with Gasteiger partial charge in [0.1, 0.15) is 0 Å². The van der Waals surface area contributed by atoms with Crippen molar-refractivity contribution in [2.45, 2.75) is 0 Å². The highest BCUT2D eigenvalue weighted by atomic mass is 16.6. The molecule has 194 valence electrons. The van der Waals surface area contributed by atoms with E-state index >= 15 is 0 Å². The van der Waals surface area contributed by atoms with Crippen molar-refractivity contribution < 1.29 is 19.7 Å². The highest BCUT2D eigenvalue weighted by Crippen LogP contribution is 2.55. The largest absolute Gasteiger partial charge is 0.284 e. The maximum Gasteiger partial charge on any atom is 0.284 e. The highest BCUT2D eigenvalue weighted by Gasteiger charge is 2.40. The monoisotopic (exact) mass is 534 g/mol. The first-order valence-electron chi connectivity index (χ1n) is 11.7. The molecule has 1 aliphatic rings. The van der Waals surface area contributed by atoms with Crippen LogP contribution in [0, 0.1) is 40.5 Å². The SMILES string of the molecule is O=[N+]([O-])c1cc2c(c([N+](=O)[O-])c1)-c1c(cc([N+](=O)[O-])cc1[N+](=O)[O-])C2=Cc1c2ccccc2cc2ccccc12. The van der Waals surface area contributed by atoms with E-state index < -0.39 is 42.4 Å². The van der Waals surface area contributed by atoms with E-state index in [1.165, 1.54) is 0 Å². The molecule has 0 heterocycles. The summed E-state index contributed by atoms with van der Waals surface area (Å²) in [6.45, 7) is 0. The number of non-ortho nitro benzene ring substituents is 2. The molecule has 0 fully saturated rings. The Kier molecular flexibility index (Phi) is 5.33. The number of nitro groups is 4. The Morgan fingerprint density at radius 3 is 1.35 bits per heavy atom. The fourth-order valence-electron chi connectivity index (χ4n) is 5.32. The molecule has 0 saturated carbocycles. The molecule has 0 unspecified atom stereocenters. The lowest BCUT2D eigenvalue weighted by molar-refractivity contribution is -0.395. The highest BCUT2D eigenvalue weighted by molar-refractivity contribution is 6.16. The fourth-order valence-corrected chi connectivity index (χ4v) is 5.32. The van der Waals surface area contributed by atoms with Gasteiger partial charge in [-0.25, -0.2) is 0 Å². The molecule has 0 amide bonds. The van der Waals surface area contributed by atoms with Gasteiger partial charge in [0.15, 0.2) is 0 Å². The first-order chi connectivity index (χ1) is 19.2. The third-order valence-electron chi connectivity index (χ3n) is 6.95. The molecule has 40 heavy (non-hydrogen) atoms. The molecule has 5 aromatic rings. The predicted octanol–water partition coefficient (Wildman–Crippen LogP) is 7.20. The van der Waals surface area contributed by atoms with Gasteiger partial charge in [0, 0.05) is 23.3 Å². The van der Waals surface area contributed by atoms with Crippen molar-refractivity contribution in [3.05, 3.63) is 136 Å². The number of fused-ring (bicyclic) bond motifs is 5. The van der Waals surface area contributed by atoms with Gasteiger partial charge in [0.05, 0.1) is 43.0 Å². The summed E-state index contributed by atoms with van der Waals surface area (Å²) in [6.07, 6.45) is 1.64. The van der Waals surface area contributed by atoms with Crippen molar-refractivity contribution >= 4 is 55.9 Å². The fraction of sp³-hybridized carbons (Fsp3) is 0. The summed E-state index contributed by atoms with van der Waals surface area (Å²) in [6, 6.07) is 20.5. The van der Waals surface area contributed by atoms with Crippen LogP contribution >= 0.6 is 0 Å². The van der Waals surface area contributed by atoms with Crippen LogP contribution in [0.1, 0.15) is 16.7 Å². The lowest BCUT2D eigenvalue weighted by Gasteiger charge is -2.11. The van der Waals surface area contributed by atoms with Gasteiger partial charge in [0.25, 0.3) is 22.7 Å². The Hall–Kier alpha value is -6.04. The Labute approximate surface area is 223 Å². The topological polar surface area (TPSA) is 173 Å². The van der Waals surface area contributed by atoms with Gasteiger partial charge in [-0.15, -0.1) is 0 Å². The quantitative estimate of drug-likeness (QED) is 0.127. The van der Waals surface area contributed by atoms with Crippen LogP contribution in [0.3, 0.4) is 0 Å². The van der Waals surface area contributed by atoms with Crippen LogP contribution < -0.4 is 0 Å². The third kappa shape index (κ3) is 3.62. The van der Waals surface area contributed by atoms with E-state index in [9.17, 15) is 40.5 Å². The zero-order valence-corrected chi connectivity index (χ0v) is 20.1. The van der Waals surface area contributed by atoms with Crippen molar-refractivity contribution in [3.8, 4) is 11.1 Å². The lowest BCUT2D eigenvalue weighted by Crippen LogP contribution is -1.99. The van der Waals surface area contributed by atoms with E-state index in [1.54, 1.807) is 6.08 Å². The molecular weight excluding hydrogens is 520 g/mol. The number of nitro benzene ring substituents is 4. The summed E-state index contributed by atoms with van der Waals surface area (Å²) >= 11 is 0. The first kappa shape index (κ1) is 24.3. The summed E-state index contributed by atoms with van der Waals surface area (Å²) in [7, 11) is 0. The molecule has 0 N–H and O–H groups in total. The molecule has 0 spiro atoms. The van der Waals surface area contributed by atoms with E-state index in [4.69, 9.17) is 0 Å². The lowest BCUT2D eigenvalue weighted by atomic mass is 9.93. The minimum atomic E-state index is -0.850. The van der Waals surface area contributed by atoms with Crippen molar-refractivity contribution in [1.82, 2.24) is 0 Å². The molecule has 1 aliphatic carbocycles. The van der Waals surface area contributed by atoms with Crippen LogP contribution in [0.2, 0.25) is 0 Å². The molecule has 0 atom stereocenters. The zero-order chi connectivity index (χ0) is 28.3. The maximum atomic E-state index is 12.1. The predicted molar refractivity (Wildman–Crippen MR) is 147 cm³/mol. The van der Waals surface area contributed by atoms with Crippen molar-refractivity contribution in [1.29, 1.82) is 0 Å². The molecular formula is C28H14N4O8. The zero-order valence-electron chi connectivity index (χ0n) is 20.1. The van der Waals surface area contributed by atoms with Gasteiger partial charge < -0.3 is 0 Å². The normalized spacial score (nSPS) is 11.8. The molecule has 5 aromatic carbocycles. The van der Waals surface area contributed by atoms with Gasteiger partial charge in [-0.2, -0.15) is 0 Å². The van der Waals surface area contributed by atoms with Crippen molar-refractivity contribution in [2.75, 3.05) is 0 Å². The summed E-state index contributed by atoms with van der Waals surface area (Å²) < 4.78 is 0. The van der Waals surface area contributed by atoms with E-state index in [-0.39, 0.29) is 27.8 Å². The summed E-state index contributed by atoms with van der Waals surface area (Å²) in [5.74, 6) is 0. The van der Waals surface area contributed by atoms with Gasteiger partial charge in [-0.05, 0) is 44.8 Å². The molecule has 6 rings (SSSR count). The van der Waals surface area contributed by atoms with Gasteiger partial charge in [0.2, 0.25) is 0 Å². The van der Waals surface area contributed by atoms with Gasteiger partial charge in [-0.3, -0.25) is 40.5 Å². The number of hydrogen-bond acceptors (Lipinski definition) is 8. The Bertz CT molecular complexity index is 1900.